The molecule has 1 amide bonds. The van der Waals surface area contributed by atoms with E-state index in [0.717, 1.165) is 15.7 Å². The molecule has 0 aliphatic carbocycles. The normalized spacial score (nSPS) is 10.1. The Bertz CT molecular complexity index is 368. The molecule has 0 heterocycles. The largest absolute Gasteiger partial charge is 0.368 e. The first-order valence-electron chi connectivity index (χ1n) is 4.53. The van der Waals surface area contributed by atoms with Gasteiger partial charge >= 0.3 is 0 Å². The SMILES string of the molecule is CN(CC(N)=O)c1cccc(Br)c1CN. The summed E-state index contributed by atoms with van der Waals surface area (Å²) >= 11 is 3.42. The molecule has 0 radical (unpaired) electrons. The monoisotopic (exact) mass is 271 g/mol. The van der Waals surface area contributed by atoms with Crippen LogP contribution in [0.4, 0.5) is 5.69 Å². The predicted octanol–water partition coefficient (Wildman–Crippen LogP) is 0.829. The Morgan fingerprint density at radius 1 is 1.53 bits per heavy atom. The van der Waals surface area contributed by atoms with E-state index in [4.69, 9.17) is 11.5 Å². The highest BCUT2D eigenvalue weighted by molar-refractivity contribution is 9.10. The molecule has 0 atom stereocenters. The van der Waals surface area contributed by atoms with Crippen molar-refractivity contribution >= 4 is 27.5 Å². The highest BCUT2D eigenvalue weighted by atomic mass is 79.9. The van der Waals surface area contributed by atoms with Crippen molar-refractivity contribution in [3.63, 3.8) is 0 Å². The number of likely N-dealkylation sites (N-methyl/N-ethyl adjacent to an activating group) is 1. The zero-order valence-electron chi connectivity index (χ0n) is 8.53. The summed E-state index contributed by atoms with van der Waals surface area (Å²) in [6.45, 7) is 0.601. The summed E-state index contributed by atoms with van der Waals surface area (Å²) in [5.74, 6) is -0.361. The van der Waals surface area contributed by atoms with E-state index in [-0.39, 0.29) is 12.5 Å². The Balaban J connectivity index is 3.02. The van der Waals surface area contributed by atoms with Crippen molar-refractivity contribution in [1.82, 2.24) is 0 Å². The van der Waals surface area contributed by atoms with Crippen LogP contribution in [0.3, 0.4) is 0 Å². The fraction of sp³-hybridized carbons (Fsp3) is 0.300. The fourth-order valence-electron chi connectivity index (χ4n) is 1.43. The minimum Gasteiger partial charge on any atom is -0.368 e. The molecule has 4 nitrogen and oxygen atoms in total. The quantitative estimate of drug-likeness (QED) is 0.852. The minimum atomic E-state index is -0.361. The van der Waals surface area contributed by atoms with Gasteiger partial charge < -0.3 is 16.4 Å². The number of nitrogens with two attached hydrogens (primary N) is 2. The van der Waals surface area contributed by atoms with Crippen molar-refractivity contribution in [2.75, 3.05) is 18.5 Å². The third-order valence-electron chi connectivity index (χ3n) is 2.10. The van der Waals surface area contributed by atoms with Gasteiger partial charge in [-0.15, -0.1) is 0 Å². The maximum atomic E-state index is 10.8. The number of rotatable bonds is 4. The first-order chi connectivity index (χ1) is 7.06. The predicted molar refractivity (Wildman–Crippen MR) is 64.5 cm³/mol. The van der Waals surface area contributed by atoms with E-state index < -0.39 is 0 Å². The second kappa shape index (κ2) is 5.14. The standard InChI is InChI=1S/C10H14BrN3O/c1-14(6-10(13)15)9-4-2-3-8(11)7(9)5-12/h2-4H,5-6,12H2,1H3,(H2,13,15). The Labute approximate surface area is 97.4 Å². The van der Waals surface area contributed by atoms with Gasteiger partial charge in [-0.3, -0.25) is 4.79 Å². The Morgan fingerprint density at radius 2 is 2.20 bits per heavy atom. The molecule has 0 saturated heterocycles. The summed E-state index contributed by atoms with van der Waals surface area (Å²) in [6.07, 6.45) is 0. The van der Waals surface area contributed by atoms with Gasteiger partial charge in [0.1, 0.15) is 0 Å². The lowest BCUT2D eigenvalue weighted by atomic mass is 10.1. The van der Waals surface area contributed by atoms with Gasteiger partial charge in [-0.2, -0.15) is 0 Å². The lowest BCUT2D eigenvalue weighted by Crippen LogP contribution is -2.31. The van der Waals surface area contributed by atoms with Gasteiger partial charge in [0, 0.05) is 29.3 Å². The van der Waals surface area contributed by atoms with Crippen LogP contribution in [-0.4, -0.2) is 19.5 Å². The summed E-state index contributed by atoms with van der Waals surface area (Å²) in [5.41, 5.74) is 12.7. The number of carbonyl (C=O) groups excluding carboxylic acids is 1. The second-order valence-electron chi connectivity index (χ2n) is 3.26. The van der Waals surface area contributed by atoms with Crippen molar-refractivity contribution in [2.45, 2.75) is 6.54 Å². The zero-order valence-corrected chi connectivity index (χ0v) is 10.1. The molecule has 1 aromatic carbocycles. The molecule has 0 fully saturated rings. The lowest BCUT2D eigenvalue weighted by molar-refractivity contribution is -0.116. The number of primary amides is 1. The first-order valence-corrected chi connectivity index (χ1v) is 5.32. The van der Waals surface area contributed by atoms with E-state index in [2.05, 4.69) is 15.9 Å². The van der Waals surface area contributed by atoms with Crippen LogP contribution < -0.4 is 16.4 Å². The van der Waals surface area contributed by atoms with Crippen LogP contribution >= 0.6 is 15.9 Å². The van der Waals surface area contributed by atoms with Gasteiger partial charge in [-0.1, -0.05) is 22.0 Å². The molecule has 82 valence electrons. The van der Waals surface area contributed by atoms with Crippen LogP contribution in [0.2, 0.25) is 0 Å². The smallest absolute Gasteiger partial charge is 0.236 e. The number of nitrogens with zero attached hydrogens (tertiary/aromatic N) is 1. The molecule has 0 unspecified atom stereocenters. The highest BCUT2D eigenvalue weighted by Gasteiger charge is 2.10. The highest BCUT2D eigenvalue weighted by Crippen LogP contribution is 2.26. The summed E-state index contributed by atoms with van der Waals surface area (Å²) in [4.78, 5) is 12.6. The lowest BCUT2D eigenvalue weighted by Gasteiger charge is -2.21. The average Bonchev–Trinajstić information content (AvgIpc) is 2.16. The second-order valence-corrected chi connectivity index (χ2v) is 4.12. The summed E-state index contributed by atoms with van der Waals surface area (Å²) < 4.78 is 0.943. The number of amides is 1. The molecule has 15 heavy (non-hydrogen) atoms. The fourth-order valence-corrected chi connectivity index (χ4v) is 1.94. The van der Waals surface area contributed by atoms with Gasteiger partial charge in [0.15, 0.2) is 0 Å². The number of hydrogen-bond donors (Lipinski definition) is 2. The molecule has 0 spiro atoms. The first kappa shape index (κ1) is 12.0. The Kier molecular flexibility index (Phi) is 4.11. The van der Waals surface area contributed by atoms with Gasteiger partial charge in [0.05, 0.1) is 6.54 Å². The number of benzene rings is 1. The van der Waals surface area contributed by atoms with Gasteiger partial charge in [0.25, 0.3) is 0 Å². The van der Waals surface area contributed by atoms with Crippen molar-refractivity contribution < 1.29 is 4.79 Å². The Hall–Kier alpha value is -1.07. The third-order valence-corrected chi connectivity index (χ3v) is 2.85. The van der Waals surface area contributed by atoms with Crippen LogP contribution in [0.15, 0.2) is 22.7 Å². The van der Waals surface area contributed by atoms with E-state index in [1.807, 2.05) is 25.2 Å². The maximum Gasteiger partial charge on any atom is 0.236 e. The topological polar surface area (TPSA) is 72.3 Å². The van der Waals surface area contributed by atoms with Crippen molar-refractivity contribution in [3.05, 3.63) is 28.2 Å². The molecular formula is C10H14BrN3O. The van der Waals surface area contributed by atoms with Gasteiger partial charge in [-0.05, 0) is 12.1 Å². The number of anilines is 1. The number of hydrogen-bond acceptors (Lipinski definition) is 3. The molecule has 1 aromatic rings. The molecule has 1 rings (SSSR count). The molecule has 5 heteroatoms. The van der Waals surface area contributed by atoms with E-state index in [1.165, 1.54) is 0 Å². The molecule has 0 aliphatic heterocycles. The number of carbonyl (C=O) groups is 1. The maximum absolute atomic E-state index is 10.8. The number of halogens is 1. The van der Waals surface area contributed by atoms with Crippen molar-refractivity contribution in [2.24, 2.45) is 11.5 Å². The van der Waals surface area contributed by atoms with E-state index >= 15 is 0 Å². The van der Waals surface area contributed by atoms with Crippen LogP contribution in [0.25, 0.3) is 0 Å². The van der Waals surface area contributed by atoms with Crippen molar-refractivity contribution in [3.8, 4) is 0 Å². The summed E-state index contributed by atoms with van der Waals surface area (Å²) in [6, 6.07) is 5.73. The van der Waals surface area contributed by atoms with Crippen LogP contribution in [0.1, 0.15) is 5.56 Å². The molecule has 0 saturated carbocycles. The third kappa shape index (κ3) is 2.94. The molecular weight excluding hydrogens is 258 g/mol. The molecule has 0 aliphatic rings. The van der Waals surface area contributed by atoms with Crippen molar-refractivity contribution in [1.29, 1.82) is 0 Å². The van der Waals surface area contributed by atoms with E-state index in [0.29, 0.717) is 6.54 Å². The van der Waals surface area contributed by atoms with E-state index in [9.17, 15) is 4.79 Å². The van der Waals surface area contributed by atoms with Crippen LogP contribution in [-0.2, 0) is 11.3 Å². The van der Waals surface area contributed by atoms with Crippen LogP contribution in [0.5, 0.6) is 0 Å². The van der Waals surface area contributed by atoms with Crippen LogP contribution in [0, 0.1) is 0 Å². The molecule has 0 aromatic heterocycles. The molecule has 0 bridgehead atoms. The van der Waals surface area contributed by atoms with E-state index in [1.54, 1.807) is 4.90 Å². The van der Waals surface area contributed by atoms with Gasteiger partial charge in [0.2, 0.25) is 5.91 Å². The van der Waals surface area contributed by atoms with Gasteiger partial charge in [-0.25, -0.2) is 0 Å². The minimum absolute atomic E-state index is 0.184. The Morgan fingerprint density at radius 3 is 2.73 bits per heavy atom. The average molecular weight is 272 g/mol. The summed E-state index contributed by atoms with van der Waals surface area (Å²) in [7, 11) is 1.81. The summed E-state index contributed by atoms with van der Waals surface area (Å²) in [5, 5.41) is 0. The molecule has 4 N–H and O–H groups in total. The zero-order chi connectivity index (χ0) is 11.4.